The Balaban J connectivity index is 1.80. The fourth-order valence-corrected chi connectivity index (χ4v) is 3.12. The van der Waals surface area contributed by atoms with Crippen LogP contribution in [0.2, 0.25) is 0 Å². The van der Waals surface area contributed by atoms with Crippen LogP contribution in [0, 0.1) is 16.0 Å². The topological polar surface area (TPSA) is 63.4 Å². The van der Waals surface area contributed by atoms with Crippen LogP contribution in [0.3, 0.4) is 0 Å². The first-order chi connectivity index (χ1) is 10.1. The Kier molecular flexibility index (Phi) is 3.71. The molecule has 108 valence electrons. The van der Waals surface area contributed by atoms with E-state index in [1.54, 1.807) is 12.1 Å². The molecule has 4 heteroatoms. The van der Waals surface area contributed by atoms with Crippen molar-refractivity contribution in [3.8, 4) is 0 Å². The monoisotopic (exact) mass is 283 g/mol. The van der Waals surface area contributed by atoms with E-state index in [-0.39, 0.29) is 16.5 Å². The van der Waals surface area contributed by atoms with Crippen molar-refractivity contribution in [3.05, 3.63) is 75.3 Å². The normalized spacial score (nSPS) is 20.8. The Morgan fingerprint density at radius 2 is 2.00 bits per heavy atom. The third kappa shape index (κ3) is 2.81. The highest BCUT2D eigenvalue weighted by molar-refractivity contribution is 5.36. The summed E-state index contributed by atoms with van der Waals surface area (Å²) in [7, 11) is 0. The fraction of sp³-hybridized carbons (Fsp3) is 0.294. The highest BCUT2D eigenvalue weighted by Gasteiger charge is 2.27. The second kappa shape index (κ2) is 5.66. The average molecular weight is 283 g/mol. The molecule has 21 heavy (non-hydrogen) atoms. The molecule has 1 N–H and O–H groups in total. The van der Waals surface area contributed by atoms with Gasteiger partial charge in [-0.15, -0.1) is 0 Å². The van der Waals surface area contributed by atoms with E-state index in [9.17, 15) is 15.2 Å². The summed E-state index contributed by atoms with van der Waals surface area (Å²) in [6, 6.07) is 14.7. The number of aliphatic hydroxyl groups is 1. The van der Waals surface area contributed by atoms with Gasteiger partial charge in [0.1, 0.15) is 0 Å². The minimum absolute atomic E-state index is 0.109. The zero-order valence-corrected chi connectivity index (χ0v) is 11.6. The number of non-ortho nitro benzene ring substituents is 1. The van der Waals surface area contributed by atoms with Crippen molar-refractivity contribution in [1.82, 2.24) is 0 Å². The molecular weight excluding hydrogens is 266 g/mol. The fourth-order valence-electron chi connectivity index (χ4n) is 3.12. The Morgan fingerprint density at radius 3 is 2.81 bits per heavy atom. The summed E-state index contributed by atoms with van der Waals surface area (Å²) >= 11 is 0. The van der Waals surface area contributed by atoms with E-state index in [4.69, 9.17) is 0 Å². The first kappa shape index (κ1) is 13.8. The molecule has 2 aromatic carbocycles. The number of rotatable bonds is 3. The highest BCUT2D eigenvalue weighted by Crippen LogP contribution is 2.36. The maximum Gasteiger partial charge on any atom is 0.269 e. The van der Waals surface area contributed by atoms with Crippen molar-refractivity contribution < 1.29 is 10.0 Å². The maximum atomic E-state index is 10.8. The van der Waals surface area contributed by atoms with E-state index in [0.29, 0.717) is 6.42 Å². The Hall–Kier alpha value is -2.20. The first-order valence-corrected chi connectivity index (χ1v) is 7.14. The number of benzene rings is 2. The summed E-state index contributed by atoms with van der Waals surface area (Å²) in [6.45, 7) is 0. The van der Waals surface area contributed by atoms with Gasteiger partial charge in [-0.25, -0.2) is 0 Å². The Bertz CT molecular complexity index is 669. The Labute approximate surface area is 123 Å². The van der Waals surface area contributed by atoms with Crippen LogP contribution in [0.25, 0.3) is 0 Å². The largest absolute Gasteiger partial charge is 0.388 e. The lowest BCUT2D eigenvalue weighted by Crippen LogP contribution is -2.22. The second-order valence-electron chi connectivity index (χ2n) is 5.57. The van der Waals surface area contributed by atoms with Gasteiger partial charge in [0.25, 0.3) is 5.69 Å². The van der Waals surface area contributed by atoms with E-state index in [2.05, 4.69) is 6.07 Å². The van der Waals surface area contributed by atoms with Crippen molar-refractivity contribution >= 4 is 5.69 Å². The van der Waals surface area contributed by atoms with Gasteiger partial charge in [0.2, 0.25) is 0 Å². The molecule has 1 aliphatic rings. The molecule has 0 heterocycles. The zero-order chi connectivity index (χ0) is 14.8. The molecule has 3 rings (SSSR count). The number of aryl methyl sites for hydroxylation is 1. The molecule has 0 fully saturated rings. The molecule has 0 amide bonds. The number of hydrogen-bond donors (Lipinski definition) is 1. The van der Waals surface area contributed by atoms with Crippen LogP contribution >= 0.6 is 0 Å². The molecule has 2 aromatic rings. The van der Waals surface area contributed by atoms with Crippen LogP contribution < -0.4 is 0 Å². The quantitative estimate of drug-likeness (QED) is 0.693. The lowest BCUT2D eigenvalue weighted by molar-refractivity contribution is -0.384. The number of hydrogen-bond acceptors (Lipinski definition) is 3. The van der Waals surface area contributed by atoms with E-state index >= 15 is 0 Å². The standard InChI is InChI=1S/C17H17NO3/c19-17-14(9-8-13-5-1-2-7-16(13)17)10-12-4-3-6-15(11-12)18(20)21/h1-7,11,14,17,19H,8-10H2. The van der Waals surface area contributed by atoms with Crippen LogP contribution in [-0.4, -0.2) is 10.0 Å². The van der Waals surface area contributed by atoms with Crippen molar-refractivity contribution in [1.29, 1.82) is 0 Å². The van der Waals surface area contributed by atoms with E-state index in [1.165, 1.54) is 11.6 Å². The molecule has 1 aliphatic carbocycles. The summed E-state index contributed by atoms with van der Waals surface area (Å²) in [5, 5.41) is 21.4. The number of nitro benzene ring substituents is 1. The summed E-state index contributed by atoms with van der Waals surface area (Å²) in [4.78, 5) is 10.5. The molecule has 0 saturated heterocycles. The zero-order valence-electron chi connectivity index (χ0n) is 11.6. The molecule has 0 bridgehead atoms. The average Bonchev–Trinajstić information content (AvgIpc) is 2.51. The van der Waals surface area contributed by atoms with Crippen LogP contribution in [0.15, 0.2) is 48.5 Å². The van der Waals surface area contributed by atoms with Crippen LogP contribution in [-0.2, 0) is 12.8 Å². The molecule has 0 aromatic heterocycles. The van der Waals surface area contributed by atoms with Gasteiger partial charge in [-0.2, -0.15) is 0 Å². The Morgan fingerprint density at radius 1 is 1.19 bits per heavy atom. The van der Waals surface area contributed by atoms with Gasteiger partial charge in [-0.1, -0.05) is 36.4 Å². The molecule has 0 aliphatic heterocycles. The molecule has 2 unspecified atom stereocenters. The molecular formula is C17H17NO3. The van der Waals surface area contributed by atoms with Gasteiger partial charge < -0.3 is 5.11 Å². The molecule has 0 radical (unpaired) electrons. The van der Waals surface area contributed by atoms with Crippen molar-refractivity contribution in [2.24, 2.45) is 5.92 Å². The second-order valence-corrected chi connectivity index (χ2v) is 5.57. The maximum absolute atomic E-state index is 10.8. The van der Waals surface area contributed by atoms with Crippen LogP contribution in [0.4, 0.5) is 5.69 Å². The first-order valence-electron chi connectivity index (χ1n) is 7.14. The smallest absolute Gasteiger partial charge is 0.269 e. The lowest BCUT2D eigenvalue weighted by atomic mass is 9.78. The predicted molar refractivity (Wildman–Crippen MR) is 80.0 cm³/mol. The number of aliphatic hydroxyl groups excluding tert-OH is 1. The minimum atomic E-state index is -0.491. The summed E-state index contributed by atoms with van der Waals surface area (Å²) in [6.07, 6.45) is 2.03. The molecule has 0 spiro atoms. The summed E-state index contributed by atoms with van der Waals surface area (Å²) in [5.74, 6) is 0.113. The van der Waals surface area contributed by atoms with Crippen molar-refractivity contribution in [2.75, 3.05) is 0 Å². The minimum Gasteiger partial charge on any atom is -0.388 e. The summed E-state index contributed by atoms with van der Waals surface area (Å²) in [5.41, 5.74) is 3.23. The van der Waals surface area contributed by atoms with Gasteiger partial charge in [-0.05, 0) is 41.9 Å². The van der Waals surface area contributed by atoms with E-state index < -0.39 is 6.10 Å². The lowest BCUT2D eigenvalue weighted by Gasteiger charge is -2.30. The highest BCUT2D eigenvalue weighted by atomic mass is 16.6. The van der Waals surface area contributed by atoms with Gasteiger partial charge in [-0.3, -0.25) is 10.1 Å². The number of nitro groups is 1. The molecule has 2 atom stereocenters. The van der Waals surface area contributed by atoms with Crippen molar-refractivity contribution in [2.45, 2.75) is 25.4 Å². The number of nitrogens with zero attached hydrogens (tertiary/aromatic N) is 1. The predicted octanol–water partition coefficient (Wildman–Crippen LogP) is 3.43. The van der Waals surface area contributed by atoms with Gasteiger partial charge in [0.05, 0.1) is 11.0 Å². The molecule has 0 saturated carbocycles. The third-order valence-electron chi connectivity index (χ3n) is 4.22. The van der Waals surface area contributed by atoms with Gasteiger partial charge in [0, 0.05) is 12.1 Å². The third-order valence-corrected chi connectivity index (χ3v) is 4.22. The van der Waals surface area contributed by atoms with Gasteiger partial charge in [0.15, 0.2) is 0 Å². The SMILES string of the molecule is O=[N+]([O-])c1cccc(CC2CCc3ccccc3C2O)c1. The van der Waals surface area contributed by atoms with Gasteiger partial charge >= 0.3 is 0 Å². The van der Waals surface area contributed by atoms with Crippen molar-refractivity contribution in [3.63, 3.8) is 0 Å². The number of fused-ring (bicyclic) bond motifs is 1. The van der Waals surface area contributed by atoms with E-state index in [1.807, 2.05) is 24.3 Å². The summed E-state index contributed by atoms with van der Waals surface area (Å²) < 4.78 is 0. The van der Waals surface area contributed by atoms with Crippen LogP contribution in [0.5, 0.6) is 0 Å². The van der Waals surface area contributed by atoms with Crippen LogP contribution in [0.1, 0.15) is 29.2 Å². The molecule has 4 nitrogen and oxygen atoms in total. The van der Waals surface area contributed by atoms with E-state index in [0.717, 1.165) is 24.0 Å².